The van der Waals surface area contributed by atoms with Gasteiger partial charge in [0.2, 0.25) is 0 Å². The minimum absolute atomic E-state index is 0.0644. The number of likely N-dealkylation sites (tertiary alicyclic amines) is 1. The molecule has 8 heteroatoms. The first-order valence-corrected chi connectivity index (χ1v) is 8.99. The summed E-state index contributed by atoms with van der Waals surface area (Å²) >= 11 is 0. The number of hydrogen-bond donors (Lipinski definition) is 2. The standard InChI is InChI=1S/C19H21N5O3/c1-23-16(11-25)21-22-17(23)12-5-4-8-24(10-12)19(27)15-9-20-18(26)14-7-3-2-6-13(14)15/h2-3,6-7,9,12,25H,4-5,8,10-11H2,1H3,(H,20,26). The van der Waals surface area contributed by atoms with Crippen molar-refractivity contribution in [1.82, 2.24) is 24.6 Å². The SMILES string of the molecule is Cn1c(CO)nnc1C1CCCN(C(=O)c2c[nH]c(=O)c3ccccc23)C1. The Morgan fingerprint density at radius 2 is 2.07 bits per heavy atom. The number of rotatable bonds is 3. The maximum Gasteiger partial charge on any atom is 0.255 e. The third kappa shape index (κ3) is 3.02. The van der Waals surface area contributed by atoms with Crippen LogP contribution in [0.1, 0.15) is 40.8 Å². The van der Waals surface area contributed by atoms with Gasteiger partial charge < -0.3 is 19.6 Å². The monoisotopic (exact) mass is 367 g/mol. The molecule has 2 N–H and O–H groups in total. The third-order valence-corrected chi connectivity index (χ3v) is 5.25. The number of aliphatic hydroxyl groups excluding tert-OH is 1. The second-order valence-corrected chi connectivity index (χ2v) is 6.86. The number of nitrogens with zero attached hydrogens (tertiary/aromatic N) is 4. The largest absolute Gasteiger partial charge is 0.388 e. The average molecular weight is 367 g/mol. The van der Waals surface area contributed by atoms with Gasteiger partial charge in [-0.05, 0) is 18.9 Å². The Morgan fingerprint density at radius 1 is 1.30 bits per heavy atom. The van der Waals surface area contributed by atoms with Crippen LogP contribution in [0.3, 0.4) is 0 Å². The molecule has 1 aromatic carbocycles. The molecule has 0 aliphatic carbocycles. The van der Waals surface area contributed by atoms with Crippen molar-refractivity contribution < 1.29 is 9.90 Å². The average Bonchev–Trinajstić information content (AvgIpc) is 3.08. The van der Waals surface area contributed by atoms with Gasteiger partial charge in [0.25, 0.3) is 11.5 Å². The minimum atomic E-state index is -0.200. The number of H-pyrrole nitrogens is 1. The van der Waals surface area contributed by atoms with E-state index in [1.54, 1.807) is 22.8 Å². The molecular weight excluding hydrogens is 346 g/mol. The molecule has 0 spiro atoms. The summed E-state index contributed by atoms with van der Waals surface area (Å²) in [6.45, 7) is 1.03. The van der Waals surface area contributed by atoms with Crippen LogP contribution in [0.2, 0.25) is 0 Å². The molecule has 1 aliphatic heterocycles. The predicted octanol–water partition coefficient (Wildman–Crippen LogP) is 1.17. The molecule has 1 saturated heterocycles. The van der Waals surface area contributed by atoms with E-state index in [4.69, 9.17) is 0 Å². The first kappa shape index (κ1) is 17.4. The van der Waals surface area contributed by atoms with Gasteiger partial charge in [0, 0.05) is 43.0 Å². The molecule has 0 saturated carbocycles. The summed E-state index contributed by atoms with van der Waals surface area (Å²) in [7, 11) is 1.83. The van der Waals surface area contributed by atoms with Crippen molar-refractivity contribution in [1.29, 1.82) is 0 Å². The second kappa shape index (κ2) is 6.96. The summed E-state index contributed by atoms with van der Waals surface area (Å²) in [5, 5.41) is 18.7. The number of carbonyl (C=O) groups is 1. The topological polar surface area (TPSA) is 104 Å². The van der Waals surface area contributed by atoms with Gasteiger partial charge in [-0.25, -0.2) is 0 Å². The zero-order chi connectivity index (χ0) is 19.0. The normalized spacial score (nSPS) is 17.4. The molecule has 0 bridgehead atoms. The van der Waals surface area contributed by atoms with Gasteiger partial charge in [-0.2, -0.15) is 0 Å². The predicted molar refractivity (Wildman–Crippen MR) is 99.4 cm³/mol. The van der Waals surface area contributed by atoms with Crippen LogP contribution in [0, 0.1) is 0 Å². The molecule has 1 unspecified atom stereocenters. The lowest BCUT2D eigenvalue weighted by molar-refractivity contribution is 0.0705. The van der Waals surface area contributed by atoms with Gasteiger partial charge in [-0.1, -0.05) is 18.2 Å². The van der Waals surface area contributed by atoms with Gasteiger partial charge in [0.15, 0.2) is 5.82 Å². The van der Waals surface area contributed by atoms with Crippen LogP contribution < -0.4 is 5.56 Å². The van der Waals surface area contributed by atoms with Crippen LogP contribution in [0.4, 0.5) is 0 Å². The van der Waals surface area contributed by atoms with Crippen molar-refractivity contribution in [2.45, 2.75) is 25.4 Å². The highest BCUT2D eigenvalue weighted by molar-refractivity contribution is 6.06. The van der Waals surface area contributed by atoms with Crippen LogP contribution in [-0.4, -0.2) is 48.8 Å². The number of aliphatic hydroxyl groups is 1. The lowest BCUT2D eigenvalue weighted by Gasteiger charge is -2.32. The summed E-state index contributed by atoms with van der Waals surface area (Å²) in [6, 6.07) is 7.14. The lowest BCUT2D eigenvalue weighted by atomic mass is 9.96. The molecule has 2 aromatic heterocycles. The minimum Gasteiger partial charge on any atom is -0.388 e. The van der Waals surface area contributed by atoms with Crippen LogP contribution in [0.5, 0.6) is 0 Å². The van der Waals surface area contributed by atoms with Gasteiger partial charge in [-0.15, -0.1) is 10.2 Å². The Labute approximate surface area is 155 Å². The lowest BCUT2D eigenvalue weighted by Crippen LogP contribution is -2.40. The number of pyridine rings is 1. The Morgan fingerprint density at radius 3 is 2.81 bits per heavy atom. The molecular formula is C19H21N5O3. The fraction of sp³-hybridized carbons (Fsp3) is 0.368. The molecule has 27 heavy (non-hydrogen) atoms. The number of hydrogen-bond acceptors (Lipinski definition) is 5. The van der Waals surface area contributed by atoms with Crippen molar-refractivity contribution in [3.63, 3.8) is 0 Å². The molecule has 1 aliphatic rings. The first-order chi connectivity index (χ1) is 13.1. The van der Waals surface area contributed by atoms with E-state index in [2.05, 4.69) is 15.2 Å². The number of piperidine rings is 1. The van der Waals surface area contributed by atoms with Crippen LogP contribution >= 0.6 is 0 Å². The van der Waals surface area contributed by atoms with E-state index in [0.717, 1.165) is 18.7 Å². The van der Waals surface area contributed by atoms with Crippen molar-refractivity contribution >= 4 is 16.7 Å². The van der Waals surface area contributed by atoms with Crippen LogP contribution in [-0.2, 0) is 13.7 Å². The summed E-state index contributed by atoms with van der Waals surface area (Å²) in [6.07, 6.45) is 3.27. The number of fused-ring (bicyclic) bond motifs is 1. The van der Waals surface area contributed by atoms with E-state index in [-0.39, 0.29) is 24.0 Å². The molecule has 0 radical (unpaired) electrons. The molecule has 8 nitrogen and oxygen atoms in total. The van der Waals surface area contributed by atoms with E-state index in [1.165, 1.54) is 6.20 Å². The van der Waals surface area contributed by atoms with Crippen molar-refractivity contribution in [3.05, 3.63) is 58.0 Å². The number of benzene rings is 1. The summed E-state index contributed by atoms with van der Waals surface area (Å²) in [5.41, 5.74) is 0.300. The molecule has 1 amide bonds. The fourth-order valence-electron chi connectivity index (χ4n) is 3.80. The smallest absolute Gasteiger partial charge is 0.255 e. The van der Waals surface area contributed by atoms with Crippen molar-refractivity contribution in [3.8, 4) is 0 Å². The number of carbonyl (C=O) groups excluding carboxylic acids is 1. The van der Waals surface area contributed by atoms with Crippen molar-refractivity contribution in [2.24, 2.45) is 7.05 Å². The van der Waals surface area contributed by atoms with E-state index >= 15 is 0 Å². The maximum atomic E-state index is 13.2. The zero-order valence-electron chi connectivity index (χ0n) is 15.1. The highest BCUT2D eigenvalue weighted by atomic mass is 16.3. The Kier molecular flexibility index (Phi) is 4.49. The van der Waals surface area contributed by atoms with E-state index in [1.807, 2.05) is 18.0 Å². The summed E-state index contributed by atoms with van der Waals surface area (Å²) < 4.78 is 1.80. The third-order valence-electron chi connectivity index (χ3n) is 5.25. The van der Waals surface area contributed by atoms with E-state index in [0.29, 0.717) is 35.2 Å². The first-order valence-electron chi connectivity index (χ1n) is 8.99. The van der Waals surface area contributed by atoms with Crippen LogP contribution in [0.25, 0.3) is 10.8 Å². The summed E-state index contributed by atoms with van der Waals surface area (Å²) in [4.78, 5) is 29.7. The number of amides is 1. The molecule has 140 valence electrons. The molecule has 3 heterocycles. The molecule has 1 atom stereocenters. The maximum absolute atomic E-state index is 13.2. The van der Waals surface area contributed by atoms with Crippen LogP contribution in [0.15, 0.2) is 35.3 Å². The number of nitrogens with one attached hydrogen (secondary N) is 1. The highest BCUT2D eigenvalue weighted by Crippen LogP contribution is 2.27. The molecule has 3 aromatic rings. The van der Waals surface area contributed by atoms with E-state index in [9.17, 15) is 14.7 Å². The number of aromatic amines is 1. The Hall–Kier alpha value is -3.00. The van der Waals surface area contributed by atoms with Crippen molar-refractivity contribution in [2.75, 3.05) is 13.1 Å². The summed E-state index contributed by atoms with van der Waals surface area (Å²) in [5.74, 6) is 1.26. The van der Waals surface area contributed by atoms with E-state index < -0.39 is 0 Å². The van der Waals surface area contributed by atoms with Gasteiger partial charge in [-0.3, -0.25) is 9.59 Å². The second-order valence-electron chi connectivity index (χ2n) is 6.86. The molecule has 1 fully saturated rings. The Balaban J connectivity index is 1.64. The quantitative estimate of drug-likeness (QED) is 0.723. The van der Waals surface area contributed by atoms with Gasteiger partial charge in [0.1, 0.15) is 12.4 Å². The van der Waals surface area contributed by atoms with Gasteiger partial charge >= 0.3 is 0 Å². The Bertz CT molecular complexity index is 1050. The zero-order valence-corrected chi connectivity index (χ0v) is 15.1. The van der Waals surface area contributed by atoms with Gasteiger partial charge in [0.05, 0.1) is 5.56 Å². The number of aromatic nitrogens is 4. The molecule has 4 rings (SSSR count). The fourth-order valence-corrected chi connectivity index (χ4v) is 3.80. The highest BCUT2D eigenvalue weighted by Gasteiger charge is 2.29.